The van der Waals surface area contributed by atoms with Crippen molar-refractivity contribution in [1.29, 1.82) is 0 Å². The fourth-order valence-corrected chi connectivity index (χ4v) is 6.00. The van der Waals surface area contributed by atoms with Gasteiger partial charge in [-0.2, -0.15) is 0 Å². The maximum absolute atomic E-state index is 13.7. The van der Waals surface area contributed by atoms with Gasteiger partial charge in [-0.05, 0) is 42.5 Å². The van der Waals surface area contributed by atoms with Crippen LogP contribution in [0.1, 0.15) is 30.4 Å². The van der Waals surface area contributed by atoms with E-state index in [1.54, 1.807) is 23.1 Å². The van der Waals surface area contributed by atoms with Gasteiger partial charge in [0.1, 0.15) is 12.6 Å². The van der Waals surface area contributed by atoms with E-state index in [1.165, 1.54) is 18.2 Å². The van der Waals surface area contributed by atoms with Crippen LogP contribution < -0.4 is 16.0 Å². The summed E-state index contributed by atoms with van der Waals surface area (Å²) in [7, 11) is -3.76. The molecule has 12 heteroatoms. The van der Waals surface area contributed by atoms with Gasteiger partial charge in [-0.25, -0.2) is 18.0 Å². The van der Waals surface area contributed by atoms with Crippen LogP contribution in [0.5, 0.6) is 0 Å². The van der Waals surface area contributed by atoms with Crippen LogP contribution in [0.2, 0.25) is 0 Å². The maximum atomic E-state index is 13.7. The normalized spacial score (nSPS) is 14.6. The quantitative estimate of drug-likeness (QED) is 0.207. The van der Waals surface area contributed by atoms with Gasteiger partial charge >= 0.3 is 12.1 Å². The molecule has 0 radical (unpaired) electrons. The number of morpholine rings is 1. The van der Waals surface area contributed by atoms with Gasteiger partial charge in [-0.1, -0.05) is 84.9 Å². The minimum absolute atomic E-state index is 0.138. The predicted molar refractivity (Wildman–Crippen MR) is 178 cm³/mol. The standard InChI is InChI=1S/C35H42N4O7S/c40-33(32(26-28-12-4-1-5-13-28)38-34(41)39-21-23-45-24-22-39)37-30(19-25-47(43,44)31-17-8-3-9-18-31)16-10-11-20-36-35(42)46-27-29-14-6-2-7-15-29/h1-9,12-15,17-19,25,30,32H,10-11,16,20-24,26-27H2,(H,36,42)(H,37,40)(H,38,41)/b25-19+/t30-,32?/m0/s1. The molecule has 1 heterocycles. The summed E-state index contributed by atoms with van der Waals surface area (Å²) in [6.45, 7) is 2.18. The summed E-state index contributed by atoms with van der Waals surface area (Å²) >= 11 is 0. The highest BCUT2D eigenvalue weighted by Crippen LogP contribution is 2.14. The lowest BCUT2D eigenvalue weighted by Crippen LogP contribution is -2.55. The van der Waals surface area contributed by atoms with Gasteiger partial charge in [0.15, 0.2) is 9.84 Å². The van der Waals surface area contributed by atoms with E-state index in [2.05, 4.69) is 16.0 Å². The minimum Gasteiger partial charge on any atom is -0.445 e. The van der Waals surface area contributed by atoms with Gasteiger partial charge in [0.25, 0.3) is 0 Å². The van der Waals surface area contributed by atoms with E-state index in [4.69, 9.17) is 9.47 Å². The summed E-state index contributed by atoms with van der Waals surface area (Å²) in [5.74, 6) is -0.440. The third kappa shape index (κ3) is 12.2. The molecule has 0 aromatic heterocycles. The van der Waals surface area contributed by atoms with Crippen molar-refractivity contribution in [2.24, 2.45) is 0 Å². The number of rotatable bonds is 15. The fourth-order valence-electron chi connectivity index (χ4n) is 4.91. The van der Waals surface area contributed by atoms with Gasteiger partial charge in [0.2, 0.25) is 5.91 Å². The van der Waals surface area contributed by atoms with E-state index in [1.807, 2.05) is 60.7 Å². The molecular weight excluding hydrogens is 620 g/mol. The first kappa shape index (κ1) is 35.2. The summed E-state index contributed by atoms with van der Waals surface area (Å²) in [5, 5.41) is 9.64. The number of amides is 4. The number of carbonyl (C=O) groups is 3. The van der Waals surface area contributed by atoms with E-state index >= 15 is 0 Å². The van der Waals surface area contributed by atoms with Crippen LogP contribution in [-0.4, -0.2) is 76.3 Å². The Kier molecular flexibility index (Phi) is 13.8. The van der Waals surface area contributed by atoms with Crippen molar-refractivity contribution in [3.8, 4) is 0 Å². The van der Waals surface area contributed by atoms with Crippen molar-refractivity contribution in [2.75, 3.05) is 32.8 Å². The molecular formula is C35H42N4O7S. The molecule has 11 nitrogen and oxygen atoms in total. The summed E-state index contributed by atoms with van der Waals surface area (Å²) in [4.78, 5) is 40.6. The molecule has 0 aliphatic carbocycles. The lowest BCUT2D eigenvalue weighted by Gasteiger charge is -2.29. The Hall–Kier alpha value is -4.68. The Morgan fingerprint density at radius 2 is 1.45 bits per heavy atom. The monoisotopic (exact) mass is 662 g/mol. The van der Waals surface area contributed by atoms with Gasteiger partial charge in [0.05, 0.1) is 18.1 Å². The van der Waals surface area contributed by atoms with Crippen molar-refractivity contribution in [3.63, 3.8) is 0 Å². The van der Waals surface area contributed by atoms with Crippen LogP contribution in [0.15, 0.2) is 107 Å². The zero-order valence-electron chi connectivity index (χ0n) is 26.3. The fraction of sp³-hybridized carbons (Fsp3) is 0.343. The van der Waals surface area contributed by atoms with Gasteiger partial charge in [-0.3, -0.25) is 4.79 Å². The van der Waals surface area contributed by atoms with Crippen LogP contribution in [0.25, 0.3) is 0 Å². The van der Waals surface area contributed by atoms with Crippen LogP contribution in [0.3, 0.4) is 0 Å². The first-order valence-corrected chi connectivity index (χ1v) is 17.2. The Morgan fingerprint density at radius 3 is 2.11 bits per heavy atom. The van der Waals surface area contributed by atoms with Crippen LogP contribution in [-0.2, 0) is 37.1 Å². The zero-order valence-corrected chi connectivity index (χ0v) is 27.1. The number of carbonyl (C=O) groups excluding carboxylic acids is 3. The summed E-state index contributed by atoms with van der Waals surface area (Å²) in [6.07, 6.45) is 2.69. The molecule has 1 fully saturated rings. The second-order valence-corrected chi connectivity index (χ2v) is 12.9. The molecule has 47 heavy (non-hydrogen) atoms. The number of ether oxygens (including phenoxy) is 2. The first-order chi connectivity index (χ1) is 22.8. The molecule has 250 valence electrons. The molecule has 2 atom stereocenters. The molecule has 1 saturated heterocycles. The van der Waals surface area contributed by atoms with Crippen LogP contribution >= 0.6 is 0 Å². The summed E-state index contributed by atoms with van der Waals surface area (Å²) < 4.78 is 36.6. The SMILES string of the molecule is O=C(NCCCC[C@@H](/C=C/S(=O)(=O)c1ccccc1)NC(=O)C(Cc1ccccc1)NC(=O)N1CCOCC1)OCc1ccccc1. The molecule has 3 aromatic carbocycles. The first-order valence-electron chi connectivity index (χ1n) is 15.7. The number of urea groups is 1. The maximum Gasteiger partial charge on any atom is 0.407 e. The molecule has 3 N–H and O–H groups in total. The van der Waals surface area contributed by atoms with Gasteiger partial charge in [0, 0.05) is 37.5 Å². The third-order valence-corrected chi connectivity index (χ3v) is 8.95. The summed E-state index contributed by atoms with van der Waals surface area (Å²) in [5.41, 5.74) is 1.74. The van der Waals surface area contributed by atoms with Crippen molar-refractivity contribution in [3.05, 3.63) is 114 Å². The number of hydrogen-bond donors (Lipinski definition) is 3. The Labute approximate surface area is 276 Å². The Bertz CT molecular complexity index is 1550. The van der Waals surface area contributed by atoms with Crippen molar-refractivity contribution in [2.45, 2.75) is 49.3 Å². The molecule has 3 aromatic rings. The van der Waals surface area contributed by atoms with Crippen molar-refractivity contribution < 1.29 is 32.3 Å². The predicted octanol–water partition coefficient (Wildman–Crippen LogP) is 4.21. The Morgan fingerprint density at radius 1 is 0.830 bits per heavy atom. The van der Waals surface area contributed by atoms with E-state index in [0.29, 0.717) is 52.1 Å². The highest BCUT2D eigenvalue weighted by molar-refractivity contribution is 7.94. The number of sulfone groups is 1. The molecule has 1 unspecified atom stereocenters. The second-order valence-electron chi connectivity index (χ2n) is 11.1. The van der Waals surface area contributed by atoms with E-state index in [9.17, 15) is 22.8 Å². The zero-order chi connectivity index (χ0) is 33.3. The topological polar surface area (TPSA) is 143 Å². The van der Waals surface area contributed by atoms with E-state index in [-0.39, 0.29) is 24.0 Å². The minimum atomic E-state index is -3.76. The summed E-state index contributed by atoms with van der Waals surface area (Å²) in [6, 6.07) is 24.8. The second kappa shape index (κ2) is 18.5. The Balaban J connectivity index is 1.39. The molecule has 0 spiro atoms. The number of alkyl carbamates (subject to hydrolysis) is 1. The number of unbranched alkanes of at least 4 members (excludes halogenated alkanes) is 1. The van der Waals surface area contributed by atoms with E-state index in [0.717, 1.165) is 16.5 Å². The number of benzene rings is 3. The van der Waals surface area contributed by atoms with Gasteiger partial charge < -0.3 is 30.3 Å². The largest absolute Gasteiger partial charge is 0.445 e. The molecule has 1 aliphatic rings. The van der Waals surface area contributed by atoms with Crippen LogP contribution in [0, 0.1) is 0 Å². The lowest BCUT2D eigenvalue weighted by molar-refractivity contribution is -0.123. The highest BCUT2D eigenvalue weighted by atomic mass is 32.2. The average molecular weight is 663 g/mol. The number of nitrogens with one attached hydrogen (secondary N) is 3. The molecule has 4 amide bonds. The average Bonchev–Trinajstić information content (AvgIpc) is 3.10. The van der Waals surface area contributed by atoms with Crippen molar-refractivity contribution >= 4 is 27.9 Å². The third-order valence-electron chi connectivity index (χ3n) is 7.51. The molecule has 4 rings (SSSR count). The molecule has 0 bridgehead atoms. The van der Waals surface area contributed by atoms with Crippen LogP contribution in [0.4, 0.5) is 9.59 Å². The molecule has 1 aliphatic heterocycles. The van der Waals surface area contributed by atoms with Crippen molar-refractivity contribution in [1.82, 2.24) is 20.9 Å². The highest BCUT2D eigenvalue weighted by Gasteiger charge is 2.26. The smallest absolute Gasteiger partial charge is 0.407 e. The number of hydrogen-bond acceptors (Lipinski definition) is 7. The van der Waals surface area contributed by atoms with Gasteiger partial charge in [-0.15, -0.1) is 0 Å². The molecule has 0 saturated carbocycles. The lowest BCUT2D eigenvalue weighted by atomic mass is 10.0. The van der Waals surface area contributed by atoms with E-state index < -0.39 is 33.9 Å². The number of nitrogens with zero attached hydrogens (tertiary/aromatic N) is 1.